The first-order valence-electron chi connectivity index (χ1n) is 9.41. The van der Waals surface area contributed by atoms with Gasteiger partial charge in [0, 0.05) is 44.4 Å². The minimum Gasteiger partial charge on any atom is -0.507 e. The Morgan fingerprint density at radius 3 is 2.61 bits per heavy atom. The van der Waals surface area contributed by atoms with Crippen LogP contribution in [0.15, 0.2) is 42.6 Å². The summed E-state index contributed by atoms with van der Waals surface area (Å²) in [4.78, 5) is 33.1. The molecule has 2 aromatic rings. The summed E-state index contributed by atoms with van der Waals surface area (Å²) in [5.41, 5.74) is 0.428. The summed E-state index contributed by atoms with van der Waals surface area (Å²) >= 11 is 0. The Bertz CT molecular complexity index is 818. The minimum atomic E-state index is -0.655. The number of pyridine rings is 1. The van der Waals surface area contributed by atoms with Crippen molar-refractivity contribution in [3.05, 3.63) is 53.7 Å². The monoisotopic (exact) mass is 383 g/mol. The molecule has 1 aliphatic rings. The lowest BCUT2D eigenvalue weighted by atomic mass is 10.0. The van der Waals surface area contributed by atoms with Crippen LogP contribution >= 0.6 is 0 Å². The van der Waals surface area contributed by atoms with Gasteiger partial charge in [0.15, 0.2) is 5.78 Å². The van der Waals surface area contributed by atoms with Crippen LogP contribution in [0.3, 0.4) is 0 Å². The molecule has 0 atom stereocenters. The van der Waals surface area contributed by atoms with Crippen molar-refractivity contribution in [2.24, 2.45) is 0 Å². The number of nitrogens with zero attached hydrogens (tertiary/aromatic N) is 3. The van der Waals surface area contributed by atoms with Crippen LogP contribution in [0, 0.1) is 0 Å². The Balaban J connectivity index is 1.46. The van der Waals surface area contributed by atoms with Crippen molar-refractivity contribution < 1.29 is 19.4 Å². The van der Waals surface area contributed by atoms with E-state index in [0.29, 0.717) is 12.0 Å². The second kappa shape index (κ2) is 9.32. The van der Waals surface area contributed by atoms with Crippen molar-refractivity contribution in [2.45, 2.75) is 12.8 Å². The molecule has 0 radical (unpaired) electrons. The SMILES string of the molecule is COC(=O)c1cc(C(=O)CCCN2CCN(c3ccccn3)CC2)ccc1O. The molecule has 28 heavy (non-hydrogen) atoms. The summed E-state index contributed by atoms with van der Waals surface area (Å²) in [6.45, 7) is 4.58. The third-order valence-corrected chi connectivity index (χ3v) is 4.95. The number of anilines is 1. The lowest BCUT2D eigenvalue weighted by Crippen LogP contribution is -2.46. The average molecular weight is 383 g/mol. The fraction of sp³-hybridized carbons (Fsp3) is 0.381. The molecule has 0 bridgehead atoms. The highest BCUT2D eigenvalue weighted by Crippen LogP contribution is 2.21. The van der Waals surface area contributed by atoms with Crippen LogP contribution in [0.5, 0.6) is 5.75 Å². The molecule has 1 aliphatic heterocycles. The molecule has 1 aromatic carbocycles. The molecule has 0 amide bonds. The number of piperazine rings is 1. The molecule has 0 spiro atoms. The topological polar surface area (TPSA) is 83.0 Å². The van der Waals surface area contributed by atoms with Gasteiger partial charge in [-0.25, -0.2) is 9.78 Å². The summed E-state index contributed by atoms with van der Waals surface area (Å²) in [6, 6.07) is 10.2. The fourth-order valence-corrected chi connectivity index (χ4v) is 3.33. The zero-order valence-corrected chi connectivity index (χ0v) is 16.0. The second-order valence-electron chi connectivity index (χ2n) is 6.77. The van der Waals surface area contributed by atoms with Gasteiger partial charge in [0.25, 0.3) is 0 Å². The maximum Gasteiger partial charge on any atom is 0.341 e. The lowest BCUT2D eigenvalue weighted by molar-refractivity contribution is 0.0597. The molecule has 0 unspecified atom stereocenters. The number of hydrogen-bond acceptors (Lipinski definition) is 7. The Morgan fingerprint density at radius 1 is 1.14 bits per heavy atom. The molecule has 7 nitrogen and oxygen atoms in total. The van der Waals surface area contributed by atoms with Crippen molar-refractivity contribution in [3.8, 4) is 5.75 Å². The van der Waals surface area contributed by atoms with Crippen molar-refractivity contribution in [2.75, 3.05) is 44.7 Å². The van der Waals surface area contributed by atoms with Crippen LogP contribution in [0.4, 0.5) is 5.82 Å². The van der Waals surface area contributed by atoms with E-state index in [9.17, 15) is 14.7 Å². The van der Waals surface area contributed by atoms with Gasteiger partial charge in [-0.15, -0.1) is 0 Å². The molecule has 1 aromatic heterocycles. The summed E-state index contributed by atoms with van der Waals surface area (Å²) in [5, 5.41) is 9.74. The number of hydrogen-bond donors (Lipinski definition) is 1. The highest BCUT2D eigenvalue weighted by Gasteiger charge is 2.19. The van der Waals surface area contributed by atoms with Crippen LogP contribution in [0.2, 0.25) is 0 Å². The van der Waals surface area contributed by atoms with E-state index in [1.54, 1.807) is 0 Å². The van der Waals surface area contributed by atoms with E-state index in [4.69, 9.17) is 0 Å². The number of methoxy groups -OCH3 is 1. The number of ether oxygens (including phenoxy) is 1. The Morgan fingerprint density at radius 2 is 1.93 bits per heavy atom. The van der Waals surface area contributed by atoms with Gasteiger partial charge >= 0.3 is 5.97 Å². The Hall–Kier alpha value is -2.93. The number of carbonyl (C=O) groups excluding carboxylic acids is 2. The molecule has 1 fully saturated rings. The highest BCUT2D eigenvalue weighted by atomic mass is 16.5. The number of phenols is 1. The van der Waals surface area contributed by atoms with Gasteiger partial charge in [-0.1, -0.05) is 6.07 Å². The zero-order valence-electron chi connectivity index (χ0n) is 16.0. The molecule has 2 heterocycles. The van der Waals surface area contributed by atoms with Gasteiger partial charge in [0.05, 0.1) is 7.11 Å². The zero-order chi connectivity index (χ0) is 19.9. The van der Waals surface area contributed by atoms with Crippen LogP contribution in [0.25, 0.3) is 0 Å². The molecule has 7 heteroatoms. The van der Waals surface area contributed by atoms with Gasteiger partial charge in [-0.2, -0.15) is 0 Å². The normalized spacial score (nSPS) is 14.7. The molecule has 148 valence electrons. The van der Waals surface area contributed by atoms with Crippen molar-refractivity contribution in [3.63, 3.8) is 0 Å². The number of Topliss-reactive ketones (excluding diaryl/α,β-unsaturated/α-hetero) is 1. The highest BCUT2D eigenvalue weighted by molar-refractivity contribution is 6.00. The largest absolute Gasteiger partial charge is 0.507 e. The first kappa shape index (κ1) is 19.8. The van der Waals surface area contributed by atoms with Crippen LogP contribution in [-0.2, 0) is 4.74 Å². The molecule has 0 aliphatic carbocycles. The number of phenolic OH excluding ortho intramolecular Hbond substituents is 1. The van der Waals surface area contributed by atoms with Crippen molar-refractivity contribution in [1.29, 1.82) is 0 Å². The molecule has 1 saturated heterocycles. The maximum atomic E-state index is 12.4. The van der Waals surface area contributed by atoms with E-state index >= 15 is 0 Å². The maximum absolute atomic E-state index is 12.4. The smallest absolute Gasteiger partial charge is 0.341 e. The third kappa shape index (κ3) is 4.86. The van der Waals surface area contributed by atoms with E-state index in [-0.39, 0.29) is 17.1 Å². The molecule has 1 N–H and O–H groups in total. The molecular weight excluding hydrogens is 358 g/mol. The van der Waals surface area contributed by atoms with Gasteiger partial charge in [0.1, 0.15) is 17.1 Å². The van der Waals surface area contributed by atoms with Gasteiger partial charge in [-0.05, 0) is 43.3 Å². The minimum absolute atomic E-state index is 0.0130. The van der Waals surface area contributed by atoms with Gasteiger partial charge in [-0.3, -0.25) is 9.69 Å². The first-order valence-corrected chi connectivity index (χ1v) is 9.41. The van der Waals surface area contributed by atoms with Gasteiger partial charge in [0.2, 0.25) is 0 Å². The van der Waals surface area contributed by atoms with E-state index in [1.807, 2.05) is 24.4 Å². The molecule has 0 saturated carbocycles. The standard InChI is InChI=1S/C21H25N3O4/c1-28-21(27)17-15-16(7-8-19(17)26)18(25)5-4-10-23-11-13-24(14-12-23)20-6-2-3-9-22-20/h2-3,6-9,15,26H,4-5,10-14H2,1H3. The summed E-state index contributed by atoms with van der Waals surface area (Å²) in [7, 11) is 1.24. The number of carbonyl (C=O) groups is 2. The number of aromatic hydroxyl groups is 1. The number of ketones is 1. The molecule has 3 rings (SSSR count). The number of rotatable bonds is 7. The van der Waals surface area contributed by atoms with Crippen LogP contribution in [0.1, 0.15) is 33.6 Å². The van der Waals surface area contributed by atoms with E-state index in [1.165, 1.54) is 25.3 Å². The Kier molecular flexibility index (Phi) is 6.60. The number of esters is 1. The van der Waals surface area contributed by atoms with Crippen LogP contribution in [-0.4, -0.2) is 66.6 Å². The third-order valence-electron chi connectivity index (χ3n) is 4.95. The average Bonchev–Trinajstić information content (AvgIpc) is 2.74. The number of aromatic nitrogens is 1. The Labute approximate surface area is 164 Å². The second-order valence-corrected chi connectivity index (χ2v) is 6.77. The quantitative estimate of drug-likeness (QED) is 0.580. The lowest BCUT2D eigenvalue weighted by Gasteiger charge is -2.35. The predicted octanol–water partition coefficient (Wildman–Crippen LogP) is 2.36. The fourth-order valence-electron chi connectivity index (χ4n) is 3.33. The van der Waals surface area contributed by atoms with Crippen molar-refractivity contribution >= 4 is 17.6 Å². The number of benzene rings is 1. The van der Waals surface area contributed by atoms with E-state index in [0.717, 1.165) is 45.0 Å². The van der Waals surface area contributed by atoms with E-state index < -0.39 is 5.97 Å². The first-order chi connectivity index (χ1) is 13.6. The van der Waals surface area contributed by atoms with Crippen LogP contribution < -0.4 is 4.90 Å². The van der Waals surface area contributed by atoms with Crippen molar-refractivity contribution in [1.82, 2.24) is 9.88 Å². The summed E-state index contributed by atoms with van der Waals surface area (Å²) in [5.74, 6) is 0.121. The summed E-state index contributed by atoms with van der Waals surface area (Å²) in [6.07, 6.45) is 2.95. The van der Waals surface area contributed by atoms with E-state index in [2.05, 4.69) is 19.5 Å². The predicted molar refractivity (Wildman–Crippen MR) is 106 cm³/mol. The molecular formula is C21H25N3O4. The summed E-state index contributed by atoms with van der Waals surface area (Å²) < 4.78 is 4.63. The van der Waals surface area contributed by atoms with Gasteiger partial charge < -0.3 is 14.7 Å².